The smallest absolute Gasteiger partial charge is 0.251 e. The number of carbonyl (C=O) groups excluding carboxylic acids is 1. The zero-order valence-electron chi connectivity index (χ0n) is 13.6. The number of hydrogen-bond acceptors (Lipinski definition) is 5. The summed E-state index contributed by atoms with van der Waals surface area (Å²) in [4.78, 5) is 16.4. The molecule has 1 fully saturated rings. The van der Waals surface area contributed by atoms with Crippen LogP contribution in [0.2, 0.25) is 0 Å². The fourth-order valence-electron chi connectivity index (χ4n) is 3.18. The van der Waals surface area contributed by atoms with Gasteiger partial charge in [-0.15, -0.1) is 0 Å². The van der Waals surface area contributed by atoms with E-state index in [2.05, 4.69) is 15.5 Å². The van der Waals surface area contributed by atoms with E-state index >= 15 is 0 Å². The topological polar surface area (TPSA) is 88.2 Å². The van der Waals surface area contributed by atoms with Crippen molar-refractivity contribution in [2.45, 2.75) is 38.7 Å². The van der Waals surface area contributed by atoms with Crippen molar-refractivity contribution in [3.05, 3.63) is 46.9 Å². The Balaban J connectivity index is 1.60. The minimum Gasteiger partial charge on any atom is -0.393 e. The lowest BCUT2D eigenvalue weighted by Crippen LogP contribution is -2.32. The SMILES string of the molecule is Cc1noc([C@H]2C[C@H](CNC(=O)c3cccc(F)c3C)[C@H](O)C2)n1. The Morgan fingerprint density at radius 1 is 1.42 bits per heavy atom. The van der Waals surface area contributed by atoms with E-state index in [0.29, 0.717) is 42.2 Å². The van der Waals surface area contributed by atoms with Gasteiger partial charge in [-0.1, -0.05) is 11.2 Å². The maximum atomic E-state index is 13.5. The number of rotatable bonds is 4. The number of carbonyl (C=O) groups is 1. The first kappa shape index (κ1) is 16.6. The number of hydrogen-bond donors (Lipinski definition) is 2. The molecule has 1 aromatic heterocycles. The average Bonchev–Trinajstić information content (AvgIpc) is 3.13. The molecule has 1 heterocycles. The summed E-state index contributed by atoms with van der Waals surface area (Å²) in [6.45, 7) is 3.64. The van der Waals surface area contributed by atoms with Gasteiger partial charge in [0.1, 0.15) is 5.82 Å². The molecule has 1 aliphatic rings. The van der Waals surface area contributed by atoms with Gasteiger partial charge in [-0.25, -0.2) is 4.39 Å². The molecule has 0 saturated heterocycles. The number of nitrogens with one attached hydrogen (secondary N) is 1. The van der Waals surface area contributed by atoms with Crippen LogP contribution in [0.3, 0.4) is 0 Å². The monoisotopic (exact) mass is 333 g/mol. The summed E-state index contributed by atoms with van der Waals surface area (Å²) in [6, 6.07) is 4.42. The van der Waals surface area contributed by atoms with Crippen molar-refractivity contribution >= 4 is 5.91 Å². The highest BCUT2D eigenvalue weighted by Crippen LogP contribution is 2.37. The zero-order valence-corrected chi connectivity index (χ0v) is 13.6. The highest BCUT2D eigenvalue weighted by molar-refractivity contribution is 5.95. The van der Waals surface area contributed by atoms with Crippen molar-refractivity contribution in [3.8, 4) is 0 Å². The van der Waals surface area contributed by atoms with Gasteiger partial charge in [0.05, 0.1) is 6.10 Å². The van der Waals surface area contributed by atoms with Gasteiger partial charge >= 0.3 is 0 Å². The highest BCUT2D eigenvalue weighted by Gasteiger charge is 2.36. The molecule has 6 nitrogen and oxygen atoms in total. The lowest BCUT2D eigenvalue weighted by atomic mass is 10.0. The number of benzene rings is 1. The van der Waals surface area contributed by atoms with Gasteiger partial charge in [0, 0.05) is 23.9 Å². The Labute approximate surface area is 139 Å². The van der Waals surface area contributed by atoms with E-state index < -0.39 is 11.9 Å². The summed E-state index contributed by atoms with van der Waals surface area (Å²) in [7, 11) is 0. The van der Waals surface area contributed by atoms with Gasteiger partial charge in [0.25, 0.3) is 5.91 Å². The van der Waals surface area contributed by atoms with E-state index in [1.807, 2.05) is 0 Å². The van der Waals surface area contributed by atoms with E-state index in [-0.39, 0.29) is 17.7 Å². The zero-order chi connectivity index (χ0) is 17.3. The molecule has 0 radical (unpaired) electrons. The molecule has 3 atom stereocenters. The second kappa shape index (κ2) is 6.68. The first-order chi connectivity index (χ1) is 11.5. The minimum atomic E-state index is -0.545. The van der Waals surface area contributed by atoms with Crippen LogP contribution in [-0.2, 0) is 0 Å². The van der Waals surface area contributed by atoms with Crippen LogP contribution in [0.5, 0.6) is 0 Å². The summed E-state index contributed by atoms with van der Waals surface area (Å²) < 4.78 is 18.7. The van der Waals surface area contributed by atoms with E-state index in [4.69, 9.17) is 4.52 Å². The fourth-order valence-corrected chi connectivity index (χ4v) is 3.18. The molecule has 128 valence electrons. The predicted molar refractivity (Wildman–Crippen MR) is 84.0 cm³/mol. The molecule has 7 heteroatoms. The quantitative estimate of drug-likeness (QED) is 0.895. The number of aromatic nitrogens is 2. The molecule has 0 bridgehead atoms. The minimum absolute atomic E-state index is 0.000919. The van der Waals surface area contributed by atoms with Crippen LogP contribution in [-0.4, -0.2) is 33.8 Å². The molecule has 2 N–H and O–H groups in total. The normalized spacial score (nSPS) is 23.4. The van der Waals surface area contributed by atoms with Crippen molar-refractivity contribution in [1.82, 2.24) is 15.5 Å². The predicted octanol–water partition coefficient (Wildman–Crippen LogP) is 2.11. The van der Waals surface area contributed by atoms with Crippen LogP contribution < -0.4 is 5.32 Å². The molecule has 1 aliphatic carbocycles. The molecule has 2 aromatic rings. The number of aliphatic hydroxyl groups excluding tert-OH is 1. The van der Waals surface area contributed by atoms with E-state index in [0.717, 1.165) is 0 Å². The molecule has 0 unspecified atom stereocenters. The number of halogens is 1. The third-order valence-corrected chi connectivity index (χ3v) is 4.59. The average molecular weight is 333 g/mol. The second-order valence-electron chi connectivity index (χ2n) is 6.30. The van der Waals surface area contributed by atoms with Crippen LogP contribution in [0.1, 0.15) is 46.4 Å². The molecule has 0 spiro atoms. The van der Waals surface area contributed by atoms with Crippen LogP contribution in [0.25, 0.3) is 0 Å². The van der Waals surface area contributed by atoms with Gasteiger partial charge in [-0.3, -0.25) is 4.79 Å². The van der Waals surface area contributed by atoms with Gasteiger partial charge < -0.3 is 14.9 Å². The molecular formula is C17H20FN3O3. The molecule has 1 aromatic carbocycles. The fraction of sp³-hybridized carbons (Fsp3) is 0.471. The van der Waals surface area contributed by atoms with Gasteiger partial charge in [-0.2, -0.15) is 4.98 Å². The second-order valence-corrected chi connectivity index (χ2v) is 6.30. The molecule has 0 aliphatic heterocycles. The Morgan fingerprint density at radius 3 is 2.92 bits per heavy atom. The van der Waals surface area contributed by atoms with Gasteiger partial charge in [0.15, 0.2) is 5.82 Å². The Morgan fingerprint density at radius 2 is 2.21 bits per heavy atom. The summed E-state index contributed by atoms with van der Waals surface area (Å²) in [5.74, 6) is 0.255. The van der Waals surface area contributed by atoms with Gasteiger partial charge in [-0.05, 0) is 44.4 Å². The van der Waals surface area contributed by atoms with Crippen molar-refractivity contribution < 1.29 is 18.8 Å². The Kier molecular flexibility index (Phi) is 4.62. The van der Waals surface area contributed by atoms with Crippen LogP contribution in [0, 0.1) is 25.6 Å². The van der Waals surface area contributed by atoms with Gasteiger partial charge in [0.2, 0.25) is 5.89 Å². The third kappa shape index (κ3) is 3.31. The lowest BCUT2D eigenvalue weighted by molar-refractivity contribution is 0.0915. The lowest BCUT2D eigenvalue weighted by Gasteiger charge is -2.15. The van der Waals surface area contributed by atoms with Crippen LogP contribution in [0.4, 0.5) is 4.39 Å². The summed E-state index contributed by atoms with van der Waals surface area (Å²) in [5, 5.41) is 16.8. The molecule has 1 saturated carbocycles. The van der Waals surface area contributed by atoms with Crippen molar-refractivity contribution in [3.63, 3.8) is 0 Å². The number of aliphatic hydroxyl groups is 1. The standard InChI is InChI=1S/C17H20FN3O3/c1-9-13(4-3-5-14(9)18)16(23)19-8-12-6-11(7-15(12)22)17-20-10(2)21-24-17/h3-5,11-12,15,22H,6-8H2,1-2H3,(H,19,23)/t11-,12+,15+/m0/s1. The number of nitrogens with zero attached hydrogens (tertiary/aromatic N) is 2. The molecular weight excluding hydrogens is 313 g/mol. The summed E-state index contributed by atoms with van der Waals surface area (Å²) in [5.41, 5.74) is 0.632. The first-order valence-corrected chi connectivity index (χ1v) is 7.97. The largest absolute Gasteiger partial charge is 0.393 e. The van der Waals surface area contributed by atoms with E-state index in [1.165, 1.54) is 12.1 Å². The molecule has 24 heavy (non-hydrogen) atoms. The third-order valence-electron chi connectivity index (χ3n) is 4.59. The number of aryl methyl sites for hydroxylation is 1. The Bertz CT molecular complexity index is 746. The van der Waals surface area contributed by atoms with E-state index in [1.54, 1.807) is 19.9 Å². The highest BCUT2D eigenvalue weighted by atomic mass is 19.1. The van der Waals surface area contributed by atoms with Crippen LogP contribution >= 0.6 is 0 Å². The van der Waals surface area contributed by atoms with E-state index in [9.17, 15) is 14.3 Å². The Hall–Kier alpha value is -2.28. The summed E-state index contributed by atoms with van der Waals surface area (Å²) >= 11 is 0. The van der Waals surface area contributed by atoms with Crippen molar-refractivity contribution in [2.75, 3.05) is 6.54 Å². The van der Waals surface area contributed by atoms with Crippen molar-refractivity contribution in [1.29, 1.82) is 0 Å². The first-order valence-electron chi connectivity index (χ1n) is 7.97. The molecule has 3 rings (SSSR count). The maximum absolute atomic E-state index is 13.5. The van der Waals surface area contributed by atoms with Crippen molar-refractivity contribution in [2.24, 2.45) is 5.92 Å². The number of amides is 1. The molecule has 1 amide bonds. The van der Waals surface area contributed by atoms with Crippen LogP contribution in [0.15, 0.2) is 22.7 Å². The maximum Gasteiger partial charge on any atom is 0.251 e. The summed E-state index contributed by atoms with van der Waals surface area (Å²) in [6.07, 6.45) is 0.642.